The van der Waals surface area contributed by atoms with Gasteiger partial charge in [0.15, 0.2) is 6.10 Å². The number of methoxy groups -OCH3 is 1. The van der Waals surface area contributed by atoms with E-state index in [2.05, 4.69) is 5.32 Å². The first kappa shape index (κ1) is 40.7. The van der Waals surface area contributed by atoms with Crippen molar-refractivity contribution in [3.05, 3.63) is 125 Å². The molecule has 0 aliphatic carbocycles. The second-order valence-corrected chi connectivity index (χ2v) is 12.7. The predicted molar refractivity (Wildman–Crippen MR) is 191 cm³/mol. The number of hydrogen-bond donors (Lipinski definition) is 4. The Kier molecular flexibility index (Phi) is 13.5. The third-order valence-corrected chi connectivity index (χ3v) is 8.93. The van der Waals surface area contributed by atoms with E-state index in [1.807, 2.05) is 30.3 Å². The number of alkyl halides is 3. The smallest absolute Gasteiger partial charge is 0.416 e. The molecule has 1 fully saturated rings. The van der Waals surface area contributed by atoms with E-state index in [-0.39, 0.29) is 37.6 Å². The molecule has 1 aliphatic rings. The molecule has 0 saturated carbocycles. The minimum atomic E-state index is -4.68. The van der Waals surface area contributed by atoms with Gasteiger partial charge >= 0.3 is 24.1 Å². The highest BCUT2D eigenvalue weighted by molar-refractivity contribution is 5.79. The fraction of sp³-hybridized carbons (Fsp3) is 0.325. The number of nitrogens with one attached hydrogen (secondary N) is 1. The Bertz CT molecular complexity index is 1930. The van der Waals surface area contributed by atoms with Crippen molar-refractivity contribution in [1.82, 2.24) is 10.2 Å². The predicted octanol–water partition coefficient (Wildman–Crippen LogP) is 4.75. The Balaban J connectivity index is 1.34. The normalized spacial score (nSPS) is 19.6. The summed E-state index contributed by atoms with van der Waals surface area (Å²) in [7, 11) is 1.37. The van der Waals surface area contributed by atoms with Crippen molar-refractivity contribution in [2.75, 3.05) is 13.7 Å². The molecular formula is C40H41F3N2O10. The standard InChI is InChI=1S/C40H41F3N2O10/c1-3-45(39(51)44-21-24-10-6-4-7-11-24)22-27-20-28(40(41,42)43)15-16-29(27)30-18-26(14-17-31(30)52-2)19-32(46)54-38-35(49)33(47)34(48)36(55-38)37(50)53-23-25-12-8-5-9-13-25/h4-18,20,33-36,38,47-49H,3,19,21-23H2,1-2H3,(H,44,51)/t33-,34-,35+,36-,38+/m0/s1. The van der Waals surface area contributed by atoms with Crippen molar-refractivity contribution in [2.45, 2.75) is 69.9 Å². The number of aliphatic hydroxyl groups excluding tert-OH is 3. The van der Waals surface area contributed by atoms with Crippen molar-refractivity contribution >= 4 is 18.0 Å². The van der Waals surface area contributed by atoms with E-state index in [0.717, 1.165) is 17.7 Å². The first-order valence-electron chi connectivity index (χ1n) is 17.3. The van der Waals surface area contributed by atoms with Crippen LogP contribution in [-0.2, 0) is 56.1 Å². The zero-order valence-corrected chi connectivity index (χ0v) is 29.9. The molecular weight excluding hydrogens is 725 g/mol. The van der Waals surface area contributed by atoms with E-state index < -0.39 is 66.8 Å². The first-order valence-corrected chi connectivity index (χ1v) is 17.3. The Labute approximate surface area is 315 Å². The van der Waals surface area contributed by atoms with E-state index in [1.165, 1.54) is 36.3 Å². The molecule has 1 heterocycles. The molecule has 292 valence electrons. The summed E-state index contributed by atoms with van der Waals surface area (Å²) in [6, 6.07) is 24.9. The maximum atomic E-state index is 13.9. The summed E-state index contributed by atoms with van der Waals surface area (Å²) in [5.41, 5.74) is 1.63. The average Bonchev–Trinajstić information content (AvgIpc) is 3.18. The summed E-state index contributed by atoms with van der Waals surface area (Å²) < 4.78 is 63.2. The molecule has 15 heteroatoms. The van der Waals surface area contributed by atoms with Crippen molar-refractivity contribution in [2.24, 2.45) is 0 Å². The van der Waals surface area contributed by atoms with Gasteiger partial charge in [0.2, 0.25) is 6.29 Å². The Hall–Kier alpha value is -5.48. The summed E-state index contributed by atoms with van der Waals surface area (Å²) in [5, 5.41) is 34.2. The Morgan fingerprint density at radius 3 is 2.13 bits per heavy atom. The van der Waals surface area contributed by atoms with Crippen LogP contribution in [-0.4, -0.2) is 82.5 Å². The quantitative estimate of drug-likeness (QED) is 0.140. The zero-order chi connectivity index (χ0) is 39.7. The van der Waals surface area contributed by atoms with Gasteiger partial charge in [0.1, 0.15) is 30.7 Å². The van der Waals surface area contributed by atoms with Crippen LogP contribution in [0.3, 0.4) is 0 Å². The van der Waals surface area contributed by atoms with Crippen molar-refractivity contribution < 1.29 is 61.8 Å². The highest BCUT2D eigenvalue weighted by Crippen LogP contribution is 2.38. The fourth-order valence-corrected chi connectivity index (χ4v) is 5.95. The van der Waals surface area contributed by atoms with Crippen molar-refractivity contribution in [1.29, 1.82) is 0 Å². The second-order valence-electron chi connectivity index (χ2n) is 12.7. The average molecular weight is 767 g/mol. The van der Waals surface area contributed by atoms with E-state index >= 15 is 0 Å². The van der Waals surface area contributed by atoms with Gasteiger partial charge in [0, 0.05) is 25.2 Å². The van der Waals surface area contributed by atoms with E-state index in [9.17, 15) is 42.9 Å². The molecule has 55 heavy (non-hydrogen) atoms. The molecule has 0 bridgehead atoms. The van der Waals surface area contributed by atoms with Crippen LogP contribution < -0.4 is 10.1 Å². The van der Waals surface area contributed by atoms with Crippen LogP contribution in [0.5, 0.6) is 5.75 Å². The van der Waals surface area contributed by atoms with E-state index in [1.54, 1.807) is 37.3 Å². The highest BCUT2D eigenvalue weighted by Gasteiger charge is 2.49. The van der Waals surface area contributed by atoms with Crippen molar-refractivity contribution in [3.63, 3.8) is 0 Å². The number of nitrogens with zero attached hydrogens (tertiary/aromatic N) is 1. The largest absolute Gasteiger partial charge is 0.496 e. The van der Waals surface area contributed by atoms with Crippen LogP contribution in [0.2, 0.25) is 0 Å². The fourth-order valence-electron chi connectivity index (χ4n) is 5.95. The Morgan fingerprint density at radius 1 is 0.818 bits per heavy atom. The number of aliphatic hydroxyl groups is 3. The van der Waals surface area contributed by atoms with Crippen molar-refractivity contribution in [3.8, 4) is 16.9 Å². The lowest BCUT2D eigenvalue weighted by Crippen LogP contribution is -2.60. The van der Waals surface area contributed by atoms with Gasteiger partial charge in [-0.05, 0) is 59.0 Å². The lowest BCUT2D eigenvalue weighted by atomic mass is 9.94. The number of urea groups is 1. The number of rotatable bonds is 13. The van der Waals surface area contributed by atoms with Crippen LogP contribution in [0.1, 0.15) is 34.7 Å². The molecule has 0 aromatic heterocycles. The summed E-state index contributed by atoms with van der Waals surface area (Å²) in [4.78, 5) is 40.5. The topological polar surface area (TPSA) is 164 Å². The van der Waals surface area contributed by atoms with Gasteiger partial charge < -0.3 is 44.5 Å². The Morgan fingerprint density at radius 2 is 1.49 bits per heavy atom. The molecule has 4 N–H and O–H groups in total. The van der Waals surface area contributed by atoms with Crippen LogP contribution >= 0.6 is 0 Å². The number of carbonyl (C=O) groups is 3. The second kappa shape index (κ2) is 18.2. The SMILES string of the molecule is CCN(Cc1cc(C(F)(F)F)ccc1-c1cc(CC(=O)O[C@@H]2O[C@H](C(=O)OCc3ccccc3)[C@@H](O)[C@H](O)[C@H]2O)ccc1OC)C(=O)NCc1ccccc1. The molecule has 1 saturated heterocycles. The van der Waals surface area contributed by atoms with Gasteiger partial charge in [-0.25, -0.2) is 9.59 Å². The first-order chi connectivity index (χ1) is 26.3. The summed E-state index contributed by atoms with van der Waals surface area (Å²) in [5.74, 6) is -1.78. The molecule has 4 aromatic rings. The lowest BCUT2D eigenvalue weighted by Gasteiger charge is -2.38. The number of amides is 2. The molecule has 5 rings (SSSR count). The van der Waals surface area contributed by atoms with Crippen LogP contribution in [0, 0.1) is 0 Å². The van der Waals surface area contributed by atoms with Crippen LogP contribution in [0.25, 0.3) is 11.1 Å². The van der Waals surface area contributed by atoms with Gasteiger partial charge in [0.25, 0.3) is 0 Å². The molecule has 4 aromatic carbocycles. The number of carbonyl (C=O) groups excluding carboxylic acids is 3. The lowest BCUT2D eigenvalue weighted by molar-refractivity contribution is -0.287. The third-order valence-electron chi connectivity index (χ3n) is 8.93. The summed E-state index contributed by atoms with van der Waals surface area (Å²) >= 11 is 0. The summed E-state index contributed by atoms with van der Waals surface area (Å²) in [6.45, 7) is 1.70. The maximum absolute atomic E-state index is 13.9. The highest BCUT2D eigenvalue weighted by atomic mass is 19.4. The van der Waals surface area contributed by atoms with Gasteiger partial charge in [-0.15, -0.1) is 0 Å². The van der Waals surface area contributed by atoms with Gasteiger partial charge in [-0.1, -0.05) is 72.8 Å². The zero-order valence-electron chi connectivity index (χ0n) is 29.9. The van der Waals surface area contributed by atoms with E-state index in [4.69, 9.17) is 18.9 Å². The van der Waals surface area contributed by atoms with Crippen LogP contribution in [0.15, 0.2) is 97.1 Å². The van der Waals surface area contributed by atoms with Gasteiger partial charge in [-0.3, -0.25) is 4.79 Å². The molecule has 1 aliphatic heterocycles. The van der Waals surface area contributed by atoms with E-state index in [0.29, 0.717) is 22.3 Å². The maximum Gasteiger partial charge on any atom is 0.416 e. The summed E-state index contributed by atoms with van der Waals surface area (Å²) in [6.07, 6.45) is -14.6. The molecule has 5 atom stereocenters. The van der Waals surface area contributed by atoms with Crippen LogP contribution in [0.4, 0.5) is 18.0 Å². The van der Waals surface area contributed by atoms with Gasteiger partial charge in [-0.2, -0.15) is 13.2 Å². The number of benzene rings is 4. The number of ether oxygens (including phenoxy) is 4. The minimum Gasteiger partial charge on any atom is -0.496 e. The molecule has 0 unspecified atom stereocenters. The number of esters is 2. The molecule has 12 nitrogen and oxygen atoms in total. The molecule has 0 radical (unpaired) electrons. The monoisotopic (exact) mass is 766 g/mol. The third kappa shape index (κ3) is 10.4. The van der Waals surface area contributed by atoms with Gasteiger partial charge in [0.05, 0.1) is 19.1 Å². The number of hydrogen-bond acceptors (Lipinski definition) is 10. The minimum absolute atomic E-state index is 0.154. The molecule has 2 amide bonds. The molecule has 0 spiro atoms. The number of halogens is 3.